The molecule has 1 unspecified atom stereocenters. The second-order valence-corrected chi connectivity index (χ2v) is 15.2. The highest BCUT2D eigenvalue weighted by atomic mass is 32.1. The number of nitrogens with zero attached hydrogens (tertiary/aromatic N) is 3. The Balaban J connectivity index is 1.38. The van der Waals surface area contributed by atoms with Crippen LogP contribution in [0.3, 0.4) is 0 Å². The SMILES string of the molecule is CCCCCCCOc1ccc(-c2cnc(-c3ccc(CC(NC(=O)c4ccc(C(C)(C)C)s4)C(=O)NCCCN(CC)CC)cc3)nc2)cc1. The molecular formula is C42H57N5O3S. The lowest BCUT2D eigenvalue weighted by Gasteiger charge is -2.20. The van der Waals surface area contributed by atoms with Crippen molar-refractivity contribution in [3.8, 4) is 28.3 Å². The molecule has 2 aromatic carbocycles. The summed E-state index contributed by atoms with van der Waals surface area (Å²) in [6.45, 7) is 17.1. The number of hydrogen-bond donors (Lipinski definition) is 2. The van der Waals surface area contributed by atoms with Crippen molar-refractivity contribution in [2.75, 3.05) is 32.8 Å². The maximum Gasteiger partial charge on any atom is 0.262 e. The van der Waals surface area contributed by atoms with Crippen LogP contribution in [0.1, 0.15) is 100 Å². The minimum atomic E-state index is -0.713. The minimum Gasteiger partial charge on any atom is -0.494 e. The van der Waals surface area contributed by atoms with Crippen LogP contribution in [0, 0.1) is 0 Å². The lowest BCUT2D eigenvalue weighted by molar-refractivity contribution is -0.122. The molecule has 4 rings (SSSR count). The number of unbranched alkanes of at least 4 members (excludes halogenated alkanes) is 4. The first kappa shape index (κ1) is 39.7. The maximum absolute atomic E-state index is 13.4. The molecule has 0 aliphatic heterocycles. The van der Waals surface area contributed by atoms with Crippen molar-refractivity contribution < 1.29 is 14.3 Å². The summed E-state index contributed by atoms with van der Waals surface area (Å²) in [6, 6.07) is 19.1. The third-order valence-electron chi connectivity index (χ3n) is 9.04. The molecule has 0 aliphatic rings. The molecule has 0 bridgehead atoms. The molecule has 1 atom stereocenters. The Morgan fingerprint density at radius 3 is 2.10 bits per heavy atom. The first-order chi connectivity index (χ1) is 24.6. The zero-order chi connectivity index (χ0) is 36.6. The van der Waals surface area contributed by atoms with Gasteiger partial charge in [0.15, 0.2) is 5.82 Å². The van der Waals surface area contributed by atoms with Crippen LogP contribution in [0.15, 0.2) is 73.1 Å². The van der Waals surface area contributed by atoms with Crippen LogP contribution in [-0.4, -0.2) is 65.5 Å². The molecule has 2 N–H and O–H groups in total. The van der Waals surface area contributed by atoms with Crippen molar-refractivity contribution in [1.82, 2.24) is 25.5 Å². The fraction of sp³-hybridized carbons (Fsp3) is 0.476. The first-order valence-corrected chi connectivity index (χ1v) is 19.5. The normalized spacial score (nSPS) is 12.1. The zero-order valence-electron chi connectivity index (χ0n) is 31.5. The average Bonchev–Trinajstić information content (AvgIpc) is 3.66. The van der Waals surface area contributed by atoms with E-state index in [2.05, 4.69) is 67.0 Å². The lowest BCUT2D eigenvalue weighted by atomic mass is 9.95. The van der Waals surface area contributed by atoms with E-state index in [4.69, 9.17) is 4.74 Å². The smallest absolute Gasteiger partial charge is 0.262 e. The highest BCUT2D eigenvalue weighted by Crippen LogP contribution is 2.29. The van der Waals surface area contributed by atoms with E-state index in [-0.39, 0.29) is 17.2 Å². The molecule has 2 heterocycles. The van der Waals surface area contributed by atoms with E-state index in [0.717, 1.165) is 72.0 Å². The molecule has 8 nitrogen and oxygen atoms in total. The van der Waals surface area contributed by atoms with Crippen molar-refractivity contribution >= 4 is 23.2 Å². The Kier molecular flexibility index (Phi) is 15.6. The molecule has 9 heteroatoms. The van der Waals surface area contributed by atoms with E-state index < -0.39 is 6.04 Å². The van der Waals surface area contributed by atoms with Gasteiger partial charge in [0.25, 0.3) is 5.91 Å². The van der Waals surface area contributed by atoms with Crippen molar-refractivity contribution in [3.63, 3.8) is 0 Å². The molecule has 2 aromatic heterocycles. The molecular weight excluding hydrogens is 655 g/mol. The Hall–Kier alpha value is -4.08. The Bertz CT molecular complexity index is 1620. The summed E-state index contributed by atoms with van der Waals surface area (Å²) < 4.78 is 5.91. The summed E-state index contributed by atoms with van der Waals surface area (Å²) in [6.07, 6.45) is 11.0. The van der Waals surface area contributed by atoms with Gasteiger partial charge >= 0.3 is 0 Å². The first-order valence-electron chi connectivity index (χ1n) is 18.7. The van der Waals surface area contributed by atoms with E-state index in [9.17, 15) is 9.59 Å². The average molecular weight is 712 g/mol. The molecule has 0 saturated heterocycles. The quantitative estimate of drug-likeness (QED) is 0.0891. The van der Waals surface area contributed by atoms with Crippen molar-refractivity contribution in [2.24, 2.45) is 0 Å². The Morgan fingerprint density at radius 1 is 0.804 bits per heavy atom. The predicted octanol–water partition coefficient (Wildman–Crippen LogP) is 8.71. The molecule has 51 heavy (non-hydrogen) atoms. The molecule has 0 spiro atoms. The zero-order valence-corrected chi connectivity index (χ0v) is 32.3. The van der Waals surface area contributed by atoms with E-state index in [1.165, 1.54) is 37.0 Å². The van der Waals surface area contributed by atoms with Gasteiger partial charge in [-0.2, -0.15) is 0 Å². The predicted molar refractivity (Wildman–Crippen MR) is 211 cm³/mol. The fourth-order valence-electron chi connectivity index (χ4n) is 5.77. The van der Waals surface area contributed by atoms with Crippen molar-refractivity contribution in [2.45, 2.75) is 97.9 Å². The minimum absolute atomic E-state index is 0.0513. The van der Waals surface area contributed by atoms with Gasteiger partial charge in [0.1, 0.15) is 11.8 Å². The molecule has 274 valence electrons. The highest BCUT2D eigenvalue weighted by molar-refractivity contribution is 7.14. The fourth-order valence-corrected chi connectivity index (χ4v) is 6.74. The van der Waals surface area contributed by atoms with Gasteiger partial charge in [-0.15, -0.1) is 11.3 Å². The third kappa shape index (κ3) is 12.6. The number of carbonyl (C=O) groups excluding carboxylic acids is 2. The second kappa shape index (κ2) is 20.1. The van der Waals surface area contributed by atoms with Gasteiger partial charge in [-0.3, -0.25) is 9.59 Å². The number of rotatable bonds is 20. The number of benzene rings is 2. The Labute approximate surface area is 309 Å². The van der Waals surface area contributed by atoms with E-state index >= 15 is 0 Å². The van der Waals surface area contributed by atoms with Crippen LogP contribution in [0.25, 0.3) is 22.5 Å². The third-order valence-corrected chi connectivity index (χ3v) is 10.6. The van der Waals surface area contributed by atoms with Crippen LogP contribution < -0.4 is 15.4 Å². The topological polar surface area (TPSA) is 96.4 Å². The van der Waals surface area contributed by atoms with E-state index in [0.29, 0.717) is 23.7 Å². The summed E-state index contributed by atoms with van der Waals surface area (Å²) in [5.74, 6) is 1.09. The van der Waals surface area contributed by atoms with Crippen LogP contribution in [0.4, 0.5) is 0 Å². The van der Waals surface area contributed by atoms with Crippen molar-refractivity contribution in [3.05, 3.63) is 88.4 Å². The van der Waals surface area contributed by atoms with Gasteiger partial charge in [-0.05, 0) is 73.3 Å². The maximum atomic E-state index is 13.4. The van der Waals surface area contributed by atoms with Crippen LogP contribution >= 0.6 is 11.3 Å². The van der Waals surface area contributed by atoms with Gasteiger partial charge < -0.3 is 20.3 Å². The number of hydrogen-bond acceptors (Lipinski definition) is 7. The van der Waals surface area contributed by atoms with Crippen LogP contribution in [0.2, 0.25) is 0 Å². The summed E-state index contributed by atoms with van der Waals surface area (Å²) in [7, 11) is 0. The number of thiophene rings is 1. The van der Waals surface area contributed by atoms with E-state index in [1.807, 2.05) is 73.1 Å². The molecule has 0 radical (unpaired) electrons. The summed E-state index contributed by atoms with van der Waals surface area (Å²) >= 11 is 1.47. The van der Waals surface area contributed by atoms with Gasteiger partial charge in [0.05, 0.1) is 11.5 Å². The standard InChI is InChI=1S/C42H57N5O3S/c1-7-10-11-12-13-27-50-35-21-19-32(20-22-35)34-29-44-39(45-30-34)33-17-15-31(16-18-33)28-36(40(48)43-25-14-26-47(8-2)9-3)46-41(49)37-23-24-38(51-37)42(4,5)6/h15-24,29-30,36H,7-14,25-28H2,1-6H3,(H,43,48)(H,46,49). The van der Waals surface area contributed by atoms with Crippen LogP contribution in [0.5, 0.6) is 5.75 Å². The largest absolute Gasteiger partial charge is 0.494 e. The summed E-state index contributed by atoms with van der Waals surface area (Å²) in [5.41, 5.74) is 3.73. The van der Waals surface area contributed by atoms with Gasteiger partial charge in [0.2, 0.25) is 5.91 Å². The number of ether oxygens (including phenoxy) is 1. The molecule has 0 aliphatic carbocycles. The van der Waals surface area contributed by atoms with Gasteiger partial charge in [-0.1, -0.05) is 104 Å². The Morgan fingerprint density at radius 2 is 1.47 bits per heavy atom. The van der Waals surface area contributed by atoms with Crippen LogP contribution in [-0.2, 0) is 16.6 Å². The second-order valence-electron chi connectivity index (χ2n) is 14.1. The monoisotopic (exact) mass is 711 g/mol. The van der Waals surface area contributed by atoms with Gasteiger partial charge in [-0.25, -0.2) is 9.97 Å². The number of aromatic nitrogens is 2. The van der Waals surface area contributed by atoms with Gasteiger partial charge in [0, 0.05) is 41.4 Å². The van der Waals surface area contributed by atoms with E-state index in [1.54, 1.807) is 0 Å². The number of amides is 2. The molecule has 0 saturated carbocycles. The van der Waals surface area contributed by atoms with Crippen molar-refractivity contribution in [1.29, 1.82) is 0 Å². The summed E-state index contributed by atoms with van der Waals surface area (Å²) in [4.78, 5) is 40.1. The lowest BCUT2D eigenvalue weighted by Crippen LogP contribution is -2.48. The number of carbonyl (C=O) groups is 2. The number of nitrogens with one attached hydrogen (secondary N) is 2. The molecule has 0 fully saturated rings. The summed E-state index contributed by atoms with van der Waals surface area (Å²) in [5, 5.41) is 6.09. The molecule has 2 amide bonds. The molecule has 4 aromatic rings. The highest BCUT2D eigenvalue weighted by Gasteiger charge is 2.24.